The largest absolute Gasteiger partial charge is 0.478 e. The number of hydrogen-bond acceptors (Lipinski definition) is 14. The van der Waals surface area contributed by atoms with Gasteiger partial charge in [-0.05, 0) is 62.1 Å². The number of nitrogens with two attached hydrogens (primary N) is 2. The van der Waals surface area contributed by atoms with Gasteiger partial charge in [-0.25, -0.2) is 4.98 Å². The predicted octanol–water partition coefficient (Wildman–Crippen LogP) is 3.17. The van der Waals surface area contributed by atoms with Crippen LogP contribution < -0.4 is 32.2 Å². The van der Waals surface area contributed by atoms with Gasteiger partial charge in [0.15, 0.2) is 0 Å². The molecule has 2 aromatic carbocycles. The zero-order valence-electron chi connectivity index (χ0n) is 39.0. The van der Waals surface area contributed by atoms with E-state index in [9.17, 15) is 31.2 Å². The fourth-order valence-electron chi connectivity index (χ4n) is 6.43. The molecular formula is C46H69N7O13S2. The van der Waals surface area contributed by atoms with Crippen LogP contribution in [0.1, 0.15) is 65.2 Å². The molecule has 0 aliphatic rings. The number of amides is 3. The van der Waals surface area contributed by atoms with Crippen molar-refractivity contribution >= 4 is 43.8 Å². The number of unbranched alkanes of at least 4 members (excludes halogenated alkanes) is 2. The van der Waals surface area contributed by atoms with Gasteiger partial charge in [-0.15, -0.1) is 0 Å². The van der Waals surface area contributed by atoms with E-state index in [4.69, 9.17) is 44.5 Å². The van der Waals surface area contributed by atoms with E-state index in [1.165, 1.54) is 0 Å². The number of aliphatic imine (C=N–C) groups is 1. The monoisotopic (exact) mass is 991 g/mol. The summed E-state index contributed by atoms with van der Waals surface area (Å²) in [5.41, 5.74) is 15.6. The van der Waals surface area contributed by atoms with Crippen LogP contribution in [0.3, 0.4) is 0 Å². The Hall–Kier alpha value is -5.07. The second-order valence-electron chi connectivity index (χ2n) is 16.6. The predicted molar refractivity (Wildman–Crippen MR) is 259 cm³/mol. The van der Waals surface area contributed by atoms with Gasteiger partial charge in [0, 0.05) is 56.3 Å². The van der Waals surface area contributed by atoms with Crippen LogP contribution in [0.15, 0.2) is 77.8 Å². The zero-order valence-corrected chi connectivity index (χ0v) is 40.6. The molecule has 3 aromatic rings. The molecule has 0 radical (unpaired) electrons. The van der Waals surface area contributed by atoms with E-state index < -0.39 is 55.6 Å². The lowest BCUT2D eigenvalue weighted by atomic mass is 9.86. The average molecular weight is 992 g/mol. The van der Waals surface area contributed by atoms with Crippen molar-refractivity contribution in [2.24, 2.45) is 21.9 Å². The summed E-state index contributed by atoms with van der Waals surface area (Å²) in [4.78, 5) is 46.2. The van der Waals surface area contributed by atoms with Crippen molar-refractivity contribution in [1.29, 1.82) is 0 Å². The quantitative estimate of drug-likeness (QED) is 0.0193. The summed E-state index contributed by atoms with van der Waals surface area (Å²) in [6, 6.07) is 20.8. The summed E-state index contributed by atoms with van der Waals surface area (Å²) in [7, 11) is -9.34. The summed E-state index contributed by atoms with van der Waals surface area (Å²) >= 11 is 0. The number of pyridine rings is 1. The van der Waals surface area contributed by atoms with Gasteiger partial charge in [0.2, 0.25) is 23.6 Å². The first-order chi connectivity index (χ1) is 32.3. The molecular weight excluding hydrogens is 923 g/mol. The normalized spacial score (nSPS) is 13.1. The van der Waals surface area contributed by atoms with Crippen LogP contribution in [0.5, 0.6) is 5.88 Å². The van der Waals surface area contributed by atoms with Gasteiger partial charge in [-0.2, -0.15) is 16.8 Å². The Labute approximate surface area is 400 Å². The highest BCUT2D eigenvalue weighted by molar-refractivity contribution is 7.86. The van der Waals surface area contributed by atoms with Gasteiger partial charge in [-0.3, -0.25) is 28.5 Å². The second-order valence-corrected chi connectivity index (χ2v) is 19.6. The van der Waals surface area contributed by atoms with Crippen LogP contribution in [0.25, 0.3) is 22.4 Å². The molecule has 22 heteroatoms. The molecule has 0 saturated heterocycles. The highest BCUT2D eigenvalue weighted by Gasteiger charge is 2.29. The minimum absolute atomic E-state index is 0.0227. The van der Waals surface area contributed by atoms with Crippen molar-refractivity contribution < 1.29 is 59.3 Å². The number of rotatable bonds is 35. The van der Waals surface area contributed by atoms with Crippen molar-refractivity contribution in [3.8, 4) is 28.3 Å². The van der Waals surface area contributed by atoms with E-state index >= 15 is 0 Å². The number of ether oxygens (including phenoxy) is 4. The number of nitrogens with zero attached hydrogens (tertiary/aromatic N) is 2. The molecule has 20 nitrogen and oxygen atoms in total. The highest BCUT2D eigenvalue weighted by atomic mass is 32.2. The molecule has 1 unspecified atom stereocenters. The van der Waals surface area contributed by atoms with E-state index in [1.807, 2.05) is 59.9 Å². The summed E-state index contributed by atoms with van der Waals surface area (Å²) in [6.07, 6.45) is 5.41. The van der Waals surface area contributed by atoms with E-state index in [0.29, 0.717) is 76.9 Å². The first-order valence-electron chi connectivity index (χ1n) is 22.6. The second kappa shape index (κ2) is 30.4. The molecule has 2 atom stereocenters. The van der Waals surface area contributed by atoms with Gasteiger partial charge in [0.1, 0.15) is 17.8 Å². The van der Waals surface area contributed by atoms with Gasteiger partial charge >= 0.3 is 0 Å². The van der Waals surface area contributed by atoms with E-state index in [1.54, 1.807) is 0 Å². The molecule has 1 heterocycles. The van der Waals surface area contributed by atoms with Gasteiger partial charge in [0.25, 0.3) is 20.2 Å². The molecule has 3 amide bonds. The van der Waals surface area contributed by atoms with Crippen LogP contribution in [-0.2, 0) is 48.8 Å². The summed E-state index contributed by atoms with van der Waals surface area (Å²) < 4.78 is 85.1. The van der Waals surface area contributed by atoms with Crippen molar-refractivity contribution in [3.63, 3.8) is 0 Å². The maximum absolute atomic E-state index is 12.4. The Bertz CT molecular complexity index is 2180. The molecule has 0 saturated carbocycles. The van der Waals surface area contributed by atoms with E-state index in [0.717, 1.165) is 48.1 Å². The molecule has 0 fully saturated rings. The molecule has 0 aliphatic heterocycles. The smallest absolute Gasteiger partial charge is 0.267 e. The van der Waals surface area contributed by atoms with E-state index in [-0.39, 0.29) is 37.7 Å². The van der Waals surface area contributed by atoms with Crippen molar-refractivity contribution in [2.75, 3.05) is 77.4 Å². The first kappa shape index (κ1) is 57.2. The molecule has 9 N–H and O–H groups in total. The van der Waals surface area contributed by atoms with Crippen LogP contribution in [0, 0.1) is 5.41 Å². The van der Waals surface area contributed by atoms with Gasteiger partial charge in [-0.1, -0.05) is 74.5 Å². The fraction of sp³-hybridized carbons (Fsp3) is 0.543. The minimum atomic E-state index is -4.72. The Morgan fingerprint density at radius 1 is 0.691 bits per heavy atom. The Morgan fingerprint density at radius 2 is 1.26 bits per heavy atom. The first-order valence-corrected chi connectivity index (χ1v) is 25.8. The topological polar surface area (TPSA) is 310 Å². The lowest BCUT2D eigenvalue weighted by molar-refractivity contribution is -0.128. The molecule has 0 spiro atoms. The maximum Gasteiger partial charge on any atom is 0.267 e. The lowest BCUT2D eigenvalue weighted by Gasteiger charge is -2.24. The van der Waals surface area contributed by atoms with E-state index in [2.05, 4.69) is 47.7 Å². The van der Waals surface area contributed by atoms with Crippen molar-refractivity contribution in [2.45, 2.75) is 77.3 Å². The van der Waals surface area contributed by atoms with Crippen LogP contribution in [0.2, 0.25) is 0 Å². The highest BCUT2D eigenvalue weighted by Crippen LogP contribution is 2.29. The number of carbonyl (C=O) groups excluding carboxylic acids is 3. The Kier molecular flexibility index (Phi) is 25.6. The number of benzene rings is 2. The van der Waals surface area contributed by atoms with Crippen LogP contribution in [0.4, 0.5) is 0 Å². The molecule has 68 heavy (non-hydrogen) atoms. The molecule has 0 bridgehead atoms. The number of aromatic nitrogens is 1. The van der Waals surface area contributed by atoms with Gasteiger partial charge in [0.05, 0.1) is 50.3 Å². The number of nitrogens with one attached hydrogen (secondary N) is 3. The summed E-state index contributed by atoms with van der Waals surface area (Å²) in [5.74, 6) is -3.36. The van der Waals surface area contributed by atoms with Gasteiger partial charge < -0.3 is 46.4 Å². The van der Waals surface area contributed by atoms with Crippen molar-refractivity contribution in [1.82, 2.24) is 20.9 Å². The third kappa shape index (κ3) is 24.8. The average Bonchev–Trinajstić information content (AvgIpc) is 3.29. The third-order valence-electron chi connectivity index (χ3n) is 10.2. The van der Waals surface area contributed by atoms with Crippen LogP contribution in [-0.4, -0.2) is 144 Å². The standard InChI is InChI=1S/C46H69N7O13S2/c1-46(2,20-10-12-26-66-42-32-37(35-15-5-3-6-16-35)31-39(52-42)36-17-7-4-8-18-36)45(48)51-21-11-9-19-41(54)49-22-13-24-63-27-29-65-30-28-64-25-14-23-50-44(56)40(34-68(60,61)62)53-43(55)38(47)33-67(57,58)59/h3-8,15-18,31-32,38,40H,9-14,19-30,33-34,47H2,1-2H3,(H2,48,51)(H,49,54)(H,50,56)(H,53,55)(H,57,58,59)(H,60,61,62)/t38-,40?/m0/s1. The maximum atomic E-state index is 12.4. The number of hydrogen-bond donors (Lipinski definition) is 7. The molecule has 0 aliphatic carbocycles. The number of carbonyl (C=O) groups is 3. The van der Waals surface area contributed by atoms with Crippen molar-refractivity contribution in [3.05, 3.63) is 72.8 Å². The SMILES string of the molecule is CC(C)(CCCCOc1cc(-c2ccccc2)cc(-c2ccccc2)n1)C(N)=NCCCCC(=O)NCCCOCCOCCOCCCNC(=O)C(CS(=O)(=O)O)NC(=O)[C@@H](N)CS(=O)(=O)O. The molecule has 1 aromatic heterocycles. The minimum Gasteiger partial charge on any atom is -0.478 e. The fourth-order valence-corrected chi connectivity index (χ4v) is 7.70. The molecule has 378 valence electrons. The number of amidine groups is 1. The zero-order chi connectivity index (χ0) is 49.8. The van der Waals surface area contributed by atoms with Crippen LogP contribution >= 0.6 is 0 Å². The summed E-state index contributed by atoms with van der Waals surface area (Å²) in [6.45, 7) is 7.68. The third-order valence-corrected chi connectivity index (χ3v) is 11.8. The Balaban J connectivity index is 1.16. The Morgan fingerprint density at radius 3 is 1.87 bits per heavy atom. The summed E-state index contributed by atoms with van der Waals surface area (Å²) in [5, 5.41) is 7.24. The lowest BCUT2D eigenvalue weighted by Crippen LogP contribution is -2.55. The molecule has 3 rings (SSSR count).